The van der Waals surface area contributed by atoms with E-state index in [4.69, 9.17) is 4.74 Å². The molecule has 3 unspecified atom stereocenters. The van der Waals surface area contributed by atoms with E-state index in [-0.39, 0.29) is 5.97 Å². The molecule has 3 atom stereocenters. The van der Waals surface area contributed by atoms with Crippen molar-refractivity contribution in [3.8, 4) is 0 Å². The highest BCUT2D eigenvalue weighted by Crippen LogP contribution is 2.31. The molecule has 1 aliphatic rings. The predicted octanol–water partition coefficient (Wildman–Crippen LogP) is 2.31. The number of carbonyl (C=O) groups is 1. The largest absolute Gasteiger partial charge is 0.465 e. The van der Waals surface area contributed by atoms with E-state index >= 15 is 0 Å². The number of esters is 1. The highest BCUT2D eigenvalue weighted by molar-refractivity contribution is 5.71. The Hall–Kier alpha value is -0.570. The average molecular weight is 227 g/mol. The smallest absolute Gasteiger partial charge is 0.320 e. The maximum absolute atomic E-state index is 11.4. The summed E-state index contributed by atoms with van der Waals surface area (Å²) in [6.07, 6.45) is 3.69. The summed E-state index contributed by atoms with van der Waals surface area (Å²) in [4.78, 5) is 13.5. The lowest BCUT2D eigenvalue weighted by molar-refractivity contribution is -0.144. The van der Waals surface area contributed by atoms with E-state index in [1.807, 2.05) is 14.0 Å². The minimum Gasteiger partial charge on any atom is -0.465 e. The SMILES string of the molecule is CCOC(=O)CN(C)C1CCC(C)C(C)C1. The molecule has 94 valence electrons. The Morgan fingerprint density at radius 3 is 2.56 bits per heavy atom. The highest BCUT2D eigenvalue weighted by atomic mass is 16.5. The van der Waals surface area contributed by atoms with Crippen molar-refractivity contribution in [2.45, 2.75) is 46.1 Å². The van der Waals surface area contributed by atoms with Gasteiger partial charge in [-0.25, -0.2) is 0 Å². The molecule has 0 N–H and O–H groups in total. The van der Waals surface area contributed by atoms with Gasteiger partial charge in [-0.05, 0) is 45.1 Å². The van der Waals surface area contributed by atoms with Crippen molar-refractivity contribution in [2.75, 3.05) is 20.2 Å². The molecule has 1 fully saturated rings. The Morgan fingerprint density at radius 2 is 2.00 bits per heavy atom. The molecule has 0 aliphatic heterocycles. The fraction of sp³-hybridized carbons (Fsp3) is 0.923. The summed E-state index contributed by atoms with van der Waals surface area (Å²) < 4.78 is 4.97. The Bertz CT molecular complexity index is 230. The Labute approximate surface area is 99.1 Å². The lowest BCUT2D eigenvalue weighted by Crippen LogP contribution is -2.40. The molecule has 0 amide bonds. The van der Waals surface area contributed by atoms with Gasteiger partial charge in [0, 0.05) is 6.04 Å². The second kappa shape index (κ2) is 6.24. The molecule has 0 aromatic rings. The van der Waals surface area contributed by atoms with Crippen LogP contribution in [-0.4, -0.2) is 37.1 Å². The van der Waals surface area contributed by atoms with Gasteiger partial charge in [-0.1, -0.05) is 13.8 Å². The molecule has 0 aromatic heterocycles. The van der Waals surface area contributed by atoms with Crippen LogP contribution in [0.5, 0.6) is 0 Å². The van der Waals surface area contributed by atoms with E-state index in [0.29, 0.717) is 19.2 Å². The minimum absolute atomic E-state index is 0.101. The standard InChI is InChI=1S/C13H25NO2/c1-5-16-13(15)9-14(4)12-7-6-10(2)11(3)8-12/h10-12H,5-9H2,1-4H3. The molecule has 0 bridgehead atoms. The molecule has 3 nitrogen and oxygen atoms in total. The van der Waals surface area contributed by atoms with Crippen LogP contribution in [0.4, 0.5) is 0 Å². The third kappa shape index (κ3) is 3.78. The summed E-state index contributed by atoms with van der Waals surface area (Å²) in [7, 11) is 2.03. The molecule has 1 aliphatic carbocycles. The molecule has 0 aromatic carbocycles. The van der Waals surface area contributed by atoms with Crippen LogP contribution in [0, 0.1) is 11.8 Å². The summed E-state index contributed by atoms with van der Waals surface area (Å²) in [6.45, 7) is 7.40. The van der Waals surface area contributed by atoms with Crippen molar-refractivity contribution in [1.29, 1.82) is 0 Å². The van der Waals surface area contributed by atoms with E-state index in [2.05, 4.69) is 18.7 Å². The highest BCUT2D eigenvalue weighted by Gasteiger charge is 2.27. The van der Waals surface area contributed by atoms with Crippen molar-refractivity contribution in [3.05, 3.63) is 0 Å². The number of hydrogen-bond donors (Lipinski definition) is 0. The van der Waals surface area contributed by atoms with Crippen LogP contribution < -0.4 is 0 Å². The first-order valence-corrected chi connectivity index (χ1v) is 6.40. The first kappa shape index (κ1) is 13.5. The van der Waals surface area contributed by atoms with Crippen LogP contribution in [0.2, 0.25) is 0 Å². The maximum Gasteiger partial charge on any atom is 0.320 e. The topological polar surface area (TPSA) is 29.5 Å². The van der Waals surface area contributed by atoms with Gasteiger partial charge in [0.2, 0.25) is 0 Å². The van der Waals surface area contributed by atoms with Gasteiger partial charge in [0.15, 0.2) is 0 Å². The molecule has 16 heavy (non-hydrogen) atoms. The van der Waals surface area contributed by atoms with Gasteiger partial charge < -0.3 is 4.74 Å². The summed E-state index contributed by atoms with van der Waals surface area (Å²) >= 11 is 0. The lowest BCUT2D eigenvalue weighted by Gasteiger charge is -2.36. The fourth-order valence-corrected chi connectivity index (χ4v) is 2.46. The molecular formula is C13H25NO2. The number of ether oxygens (including phenoxy) is 1. The second-order valence-electron chi connectivity index (χ2n) is 5.14. The van der Waals surface area contributed by atoms with Gasteiger partial charge in [-0.3, -0.25) is 9.69 Å². The zero-order valence-corrected chi connectivity index (χ0v) is 11.0. The molecular weight excluding hydrogens is 202 g/mol. The van der Waals surface area contributed by atoms with Crippen molar-refractivity contribution >= 4 is 5.97 Å². The number of likely N-dealkylation sites (N-methyl/N-ethyl adjacent to an activating group) is 1. The first-order chi connectivity index (χ1) is 7.54. The predicted molar refractivity (Wildman–Crippen MR) is 65.2 cm³/mol. The Kier molecular flexibility index (Phi) is 5.26. The van der Waals surface area contributed by atoms with Crippen LogP contribution >= 0.6 is 0 Å². The summed E-state index contributed by atoms with van der Waals surface area (Å²) in [5.74, 6) is 1.49. The third-order valence-corrected chi connectivity index (χ3v) is 3.88. The van der Waals surface area contributed by atoms with Gasteiger partial charge in [0.25, 0.3) is 0 Å². The minimum atomic E-state index is -0.101. The summed E-state index contributed by atoms with van der Waals surface area (Å²) in [6, 6.07) is 0.551. The van der Waals surface area contributed by atoms with Crippen LogP contribution in [-0.2, 0) is 9.53 Å². The summed E-state index contributed by atoms with van der Waals surface area (Å²) in [5.41, 5.74) is 0. The van der Waals surface area contributed by atoms with E-state index in [9.17, 15) is 4.79 Å². The molecule has 0 saturated heterocycles. The van der Waals surface area contributed by atoms with Crippen LogP contribution in [0.15, 0.2) is 0 Å². The molecule has 0 heterocycles. The van der Waals surface area contributed by atoms with Gasteiger partial charge in [0.1, 0.15) is 0 Å². The second-order valence-corrected chi connectivity index (χ2v) is 5.14. The Balaban J connectivity index is 2.36. The molecule has 1 rings (SSSR count). The summed E-state index contributed by atoms with van der Waals surface area (Å²) in [5, 5.41) is 0. The van der Waals surface area contributed by atoms with E-state index in [0.717, 1.165) is 11.8 Å². The lowest BCUT2D eigenvalue weighted by atomic mass is 9.78. The number of hydrogen-bond acceptors (Lipinski definition) is 3. The van der Waals surface area contributed by atoms with Crippen molar-refractivity contribution < 1.29 is 9.53 Å². The third-order valence-electron chi connectivity index (χ3n) is 3.88. The molecule has 0 spiro atoms. The molecule has 1 saturated carbocycles. The zero-order chi connectivity index (χ0) is 12.1. The number of carbonyl (C=O) groups excluding carboxylic acids is 1. The quantitative estimate of drug-likeness (QED) is 0.690. The van der Waals surface area contributed by atoms with Gasteiger partial charge in [-0.15, -0.1) is 0 Å². The van der Waals surface area contributed by atoms with Crippen molar-refractivity contribution in [2.24, 2.45) is 11.8 Å². The zero-order valence-electron chi connectivity index (χ0n) is 11.0. The van der Waals surface area contributed by atoms with Crippen LogP contribution in [0.3, 0.4) is 0 Å². The van der Waals surface area contributed by atoms with Crippen LogP contribution in [0.1, 0.15) is 40.0 Å². The van der Waals surface area contributed by atoms with E-state index in [1.165, 1.54) is 19.3 Å². The molecule has 3 heteroatoms. The normalized spacial score (nSPS) is 30.4. The van der Waals surface area contributed by atoms with Gasteiger partial charge in [-0.2, -0.15) is 0 Å². The first-order valence-electron chi connectivity index (χ1n) is 6.40. The Morgan fingerprint density at radius 1 is 1.31 bits per heavy atom. The average Bonchev–Trinajstić information content (AvgIpc) is 2.22. The van der Waals surface area contributed by atoms with E-state index in [1.54, 1.807) is 0 Å². The number of rotatable bonds is 4. The monoisotopic (exact) mass is 227 g/mol. The van der Waals surface area contributed by atoms with Crippen molar-refractivity contribution in [3.63, 3.8) is 0 Å². The fourth-order valence-electron chi connectivity index (χ4n) is 2.46. The van der Waals surface area contributed by atoms with Crippen LogP contribution in [0.25, 0.3) is 0 Å². The van der Waals surface area contributed by atoms with Gasteiger partial charge >= 0.3 is 5.97 Å². The van der Waals surface area contributed by atoms with Gasteiger partial charge in [0.05, 0.1) is 13.2 Å². The molecule has 0 radical (unpaired) electrons. The van der Waals surface area contributed by atoms with E-state index < -0.39 is 0 Å². The van der Waals surface area contributed by atoms with Crippen molar-refractivity contribution in [1.82, 2.24) is 4.90 Å². The maximum atomic E-state index is 11.4. The number of nitrogens with zero attached hydrogens (tertiary/aromatic N) is 1.